The predicted molar refractivity (Wildman–Crippen MR) is 106 cm³/mol. The molecule has 1 aromatic carbocycles. The summed E-state index contributed by atoms with van der Waals surface area (Å²) in [7, 11) is 0. The minimum atomic E-state index is 0.650. The van der Waals surface area contributed by atoms with E-state index in [-0.39, 0.29) is 0 Å². The van der Waals surface area contributed by atoms with Crippen LogP contribution in [-0.2, 0) is 13.1 Å². The molecule has 3 heterocycles. The molecule has 6 heteroatoms. The van der Waals surface area contributed by atoms with Crippen LogP contribution in [0.5, 0.6) is 0 Å². The zero-order chi connectivity index (χ0) is 19.0. The van der Waals surface area contributed by atoms with Gasteiger partial charge in [0.25, 0.3) is 0 Å². The van der Waals surface area contributed by atoms with E-state index in [1.165, 1.54) is 16.5 Å². The Labute approximate surface area is 164 Å². The molecule has 0 aliphatic carbocycles. The molecule has 3 aromatic rings. The van der Waals surface area contributed by atoms with E-state index < -0.39 is 0 Å². The molecule has 2 aromatic heterocycles. The first-order chi connectivity index (χ1) is 13.0. The molecule has 1 fully saturated rings. The lowest BCUT2D eigenvalue weighted by molar-refractivity contribution is -1.02. The highest BCUT2D eigenvalue weighted by Crippen LogP contribution is 2.24. The number of halogens is 1. The van der Waals surface area contributed by atoms with Crippen LogP contribution in [0.4, 0.5) is 0 Å². The molecule has 2 N–H and O–H groups in total. The van der Waals surface area contributed by atoms with Gasteiger partial charge in [0.05, 0.1) is 5.52 Å². The number of pyridine rings is 1. The van der Waals surface area contributed by atoms with Crippen molar-refractivity contribution in [2.24, 2.45) is 0 Å². The van der Waals surface area contributed by atoms with Crippen LogP contribution in [0.3, 0.4) is 0 Å². The van der Waals surface area contributed by atoms with Gasteiger partial charge in [0, 0.05) is 17.0 Å². The lowest BCUT2D eigenvalue weighted by Crippen LogP contribution is -3.27. The van der Waals surface area contributed by atoms with Gasteiger partial charge >= 0.3 is 0 Å². The van der Waals surface area contributed by atoms with Crippen LogP contribution in [0.15, 0.2) is 28.8 Å². The standard InChI is InChI=1S/C21H25ClN4O/c1-14-4-5-17-11-18(21(22)23-20(17)16(14)3)12-25-6-8-26(9-7-25)13-19-10-15(2)27-24-19/h4-5,10-11H,6-9,12-13H2,1-3H3/p+2. The lowest BCUT2D eigenvalue weighted by Gasteiger charge is -2.29. The smallest absolute Gasteiger partial charge is 0.138 e. The monoisotopic (exact) mass is 386 g/mol. The molecule has 1 saturated heterocycles. The molecule has 5 nitrogen and oxygen atoms in total. The Balaban J connectivity index is 1.41. The van der Waals surface area contributed by atoms with Gasteiger partial charge in [0.2, 0.25) is 0 Å². The topological polar surface area (TPSA) is 47.8 Å². The molecule has 0 spiro atoms. The summed E-state index contributed by atoms with van der Waals surface area (Å²) < 4.78 is 5.18. The summed E-state index contributed by atoms with van der Waals surface area (Å²) in [6.07, 6.45) is 0. The summed E-state index contributed by atoms with van der Waals surface area (Å²) >= 11 is 6.54. The Morgan fingerprint density at radius 3 is 2.37 bits per heavy atom. The normalized spacial score (nSPS) is 20.3. The molecular weight excluding hydrogens is 360 g/mol. The van der Waals surface area contributed by atoms with Crippen molar-refractivity contribution in [3.05, 3.63) is 57.6 Å². The molecule has 27 heavy (non-hydrogen) atoms. The fourth-order valence-corrected chi connectivity index (χ4v) is 4.17. The number of hydrogen-bond donors (Lipinski definition) is 2. The number of hydrogen-bond acceptors (Lipinski definition) is 3. The van der Waals surface area contributed by atoms with Gasteiger partial charge in [-0.15, -0.1) is 0 Å². The quantitative estimate of drug-likeness (QED) is 0.664. The minimum Gasteiger partial charge on any atom is -0.361 e. The maximum absolute atomic E-state index is 6.54. The maximum atomic E-state index is 6.54. The van der Waals surface area contributed by atoms with E-state index in [9.17, 15) is 0 Å². The predicted octanol–water partition coefficient (Wildman–Crippen LogP) is 1.29. The van der Waals surface area contributed by atoms with Gasteiger partial charge in [-0.05, 0) is 38.0 Å². The highest BCUT2D eigenvalue weighted by molar-refractivity contribution is 6.30. The van der Waals surface area contributed by atoms with Crippen molar-refractivity contribution in [1.82, 2.24) is 10.1 Å². The van der Waals surface area contributed by atoms with E-state index in [1.54, 1.807) is 9.80 Å². The first kappa shape index (κ1) is 18.4. The Morgan fingerprint density at radius 1 is 1.00 bits per heavy atom. The number of rotatable bonds is 4. The van der Waals surface area contributed by atoms with E-state index in [4.69, 9.17) is 21.1 Å². The molecule has 0 unspecified atom stereocenters. The molecule has 0 amide bonds. The van der Waals surface area contributed by atoms with Crippen molar-refractivity contribution in [2.45, 2.75) is 33.9 Å². The molecule has 0 saturated carbocycles. The van der Waals surface area contributed by atoms with Crippen molar-refractivity contribution >= 4 is 22.5 Å². The average molecular weight is 387 g/mol. The van der Waals surface area contributed by atoms with Gasteiger partial charge in [-0.2, -0.15) is 0 Å². The zero-order valence-electron chi connectivity index (χ0n) is 16.2. The number of benzene rings is 1. The fraction of sp³-hybridized carbons (Fsp3) is 0.429. The second-order valence-corrected chi connectivity index (χ2v) is 8.16. The van der Waals surface area contributed by atoms with Crippen molar-refractivity contribution < 1.29 is 14.3 Å². The second kappa shape index (κ2) is 7.58. The third-order valence-electron chi connectivity index (χ3n) is 5.75. The van der Waals surface area contributed by atoms with Crippen LogP contribution in [0, 0.1) is 20.8 Å². The second-order valence-electron chi connectivity index (χ2n) is 7.80. The van der Waals surface area contributed by atoms with Crippen LogP contribution >= 0.6 is 11.6 Å². The zero-order valence-corrected chi connectivity index (χ0v) is 17.0. The Bertz CT molecular complexity index is 960. The molecule has 1 aliphatic rings. The molecule has 0 bridgehead atoms. The lowest BCUT2D eigenvalue weighted by atomic mass is 10.0. The molecule has 142 valence electrons. The average Bonchev–Trinajstić information content (AvgIpc) is 3.06. The maximum Gasteiger partial charge on any atom is 0.138 e. The van der Waals surface area contributed by atoms with Crippen molar-refractivity contribution in [1.29, 1.82) is 0 Å². The Hall–Kier alpha value is -1.95. The first-order valence-corrected chi connectivity index (χ1v) is 10.0. The van der Waals surface area contributed by atoms with Crippen molar-refractivity contribution in [2.75, 3.05) is 26.2 Å². The van der Waals surface area contributed by atoms with E-state index in [2.05, 4.69) is 37.2 Å². The van der Waals surface area contributed by atoms with Crippen LogP contribution in [-0.4, -0.2) is 36.3 Å². The van der Waals surface area contributed by atoms with Gasteiger partial charge in [0.15, 0.2) is 0 Å². The highest BCUT2D eigenvalue weighted by atomic mass is 35.5. The van der Waals surface area contributed by atoms with Gasteiger partial charge in [-0.1, -0.05) is 28.9 Å². The number of piperazine rings is 1. The summed E-state index contributed by atoms with van der Waals surface area (Å²) in [6, 6.07) is 8.58. The summed E-state index contributed by atoms with van der Waals surface area (Å²) in [6.45, 7) is 12.6. The van der Waals surface area contributed by atoms with Crippen molar-refractivity contribution in [3.8, 4) is 0 Å². The van der Waals surface area contributed by atoms with Crippen LogP contribution in [0.2, 0.25) is 5.15 Å². The van der Waals surface area contributed by atoms with Crippen LogP contribution < -0.4 is 9.80 Å². The largest absolute Gasteiger partial charge is 0.361 e. The summed E-state index contributed by atoms with van der Waals surface area (Å²) in [4.78, 5) is 7.84. The van der Waals surface area contributed by atoms with E-state index in [0.29, 0.717) is 5.15 Å². The number of nitrogens with one attached hydrogen (secondary N) is 2. The van der Waals surface area contributed by atoms with Gasteiger partial charge in [0.1, 0.15) is 55.9 Å². The minimum absolute atomic E-state index is 0.650. The molecule has 4 rings (SSSR count). The number of nitrogens with zero attached hydrogens (tertiary/aromatic N) is 2. The first-order valence-electron chi connectivity index (χ1n) is 9.64. The van der Waals surface area contributed by atoms with Gasteiger partial charge < -0.3 is 14.3 Å². The summed E-state index contributed by atoms with van der Waals surface area (Å²) in [5, 5.41) is 5.95. The molecule has 0 radical (unpaired) electrons. The third-order valence-corrected chi connectivity index (χ3v) is 6.08. The number of quaternary nitrogens is 2. The van der Waals surface area contributed by atoms with Crippen molar-refractivity contribution in [3.63, 3.8) is 0 Å². The van der Waals surface area contributed by atoms with Gasteiger partial charge in [-0.25, -0.2) is 4.98 Å². The molecule has 1 aliphatic heterocycles. The van der Waals surface area contributed by atoms with E-state index >= 15 is 0 Å². The molecular formula is C21H27ClN4O+2. The van der Waals surface area contributed by atoms with Gasteiger partial charge in [-0.3, -0.25) is 0 Å². The number of fused-ring (bicyclic) bond motifs is 1. The summed E-state index contributed by atoms with van der Waals surface area (Å²) in [5.41, 5.74) is 5.70. The van der Waals surface area contributed by atoms with E-state index in [0.717, 1.165) is 61.8 Å². The Morgan fingerprint density at radius 2 is 1.70 bits per heavy atom. The fourth-order valence-electron chi connectivity index (χ4n) is 3.97. The Kier molecular flexibility index (Phi) is 5.17. The summed E-state index contributed by atoms with van der Waals surface area (Å²) in [5.74, 6) is 0.887. The van der Waals surface area contributed by atoms with E-state index in [1.807, 2.05) is 13.0 Å². The number of aryl methyl sites for hydroxylation is 3. The molecule has 0 atom stereocenters. The third kappa shape index (κ3) is 4.00. The number of aromatic nitrogens is 2. The SMILES string of the molecule is Cc1cc(C[NH+]2CC[NH+](Cc3cc4ccc(C)c(C)c4nc3Cl)CC2)no1. The highest BCUT2D eigenvalue weighted by Gasteiger charge is 2.25. The van der Waals surface area contributed by atoms with Crippen LogP contribution in [0.25, 0.3) is 10.9 Å². The van der Waals surface area contributed by atoms with Crippen LogP contribution in [0.1, 0.15) is 28.1 Å².